The summed E-state index contributed by atoms with van der Waals surface area (Å²) in [6, 6.07) is 17.8. The molecule has 18 heavy (non-hydrogen) atoms. The highest BCUT2D eigenvalue weighted by atomic mass is 31.1. The zero-order valence-electron chi connectivity index (χ0n) is 11.5. The second-order valence-electron chi connectivity index (χ2n) is 4.83. The van der Waals surface area contributed by atoms with Crippen molar-refractivity contribution >= 4 is 18.7 Å². The number of hydrogen-bond donors (Lipinski definition) is 0. The highest BCUT2D eigenvalue weighted by Crippen LogP contribution is 2.35. The van der Waals surface area contributed by atoms with Crippen LogP contribution in [-0.2, 0) is 0 Å². The molecule has 0 atom stereocenters. The molecule has 0 aliphatic carbocycles. The van der Waals surface area contributed by atoms with E-state index in [-0.39, 0.29) is 0 Å². The van der Waals surface area contributed by atoms with Crippen molar-refractivity contribution in [2.75, 3.05) is 14.1 Å². The van der Waals surface area contributed by atoms with Crippen LogP contribution in [0, 0.1) is 13.8 Å². The number of hydrogen-bond acceptors (Lipinski definition) is 1. The molecule has 0 heterocycles. The van der Waals surface area contributed by atoms with Gasteiger partial charge in [-0.3, -0.25) is 4.67 Å². The molecule has 2 aromatic carbocycles. The zero-order chi connectivity index (χ0) is 13.1. The van der Waals surface area contributed by atoms with Crippen molar-refractivity contribution in [3.8, 4) is 0 Å². The third kappa shape index (κ3) is 2.98. The largest absolute Gasteiger partial charge is 0.281 e. The molecule has 94 valence electrons. The van der Waals surface area contributed by atoms with Gasteiger partial charge in [0.2, 0.25) is 0 Å². The van der Waals surface area contributed by atoms with Crippen molar-refractivity contribution in [1.82, 2.24) is 4.67 Å². The Labute approximate surface area is 111 Å². The fourth-order valence-electron chi connectivity index (χ4n) is 1.98. The van der Waals surface area contributed by atoms with Gasteiger partial charge in [-0.1, -0.05) is 59.7 Å². The molecule has 2 heteroatoms. The Balaban J connectivity index is 2.39. The molecule has 0 bridgehead atoms. The van der Waals surface area contributed by atoms with Gasteiger partial charge in [0, 0.05) is 8.07 Å². The van der Waals surface area contributed by atoms with E-state index in [1.807, 2.05) is 0 Å². The Morgan fingerprint density at radius 1 is 0.667 bits per heavy atom. The number of rotatable bonds is 3. The summed E-state index contributed by atoms with van der Waals surface area (Å²) in [4.78, 5) is 0. The summed E-state index contributed by atoms with van der Waals surface area (Å²) in [5, 5.41) is 2.81. The molecule has 0 saturated heterocycles. The fourth-order valence-corrected chi connectivity index (χ4v) is 4.07. The maximum absolute atomic E-state index is 2.32. The minimum Gasteiger partial charge on any atom is -0.281 e. The Hall–Kier alpha value is -1.17. The topological polar surface area (TPSA) is 3.24 Å². The van der Waals surface area contributed by atoms with Crippen molar-refractivity contribution in [2.45, 2.75) is 13.8 Å². The standard InChI is InChI=1S/C16H20NP/c1-13-5-9-15(10-6-13)18(17(3)4)16-11-7-14(2)8-12-16/h5-12H,1-4H3. The van der Waals surface area contributed by atoms with Gasteiger partial charge in [-0.25, -0.2) is 0 Å². The summed E-state index contributed by atoms with van der Waals surface area (Å²) in [7, 11) is 3.91. The lowest BCUT2D eigenvalue weighted by Crippen LogP contribution is -2.22. The van der Waals surface area contributed by atoms with E-state index < -0.39 is 8.07 Å². The first-order chi connectivity index (χ1) is 8.58. The molecule has 0 aliphatic rings. The molecule has 0 aromatic heterocycles. The van der Waals surface area contributed by atoms with Crippen LogP contribution in [-0.4, -0.2) is 18.8 Å². The van der Waals surface area contributed by atoms with Gasteiger partial charge in [0.1, 0.15) is 0 Å². The Morgan fingerprint density at radius 3 is 1.28 bits per heavy atom. The minimum atomic E-state index is -0.401. The zero-order valence-corrected chi connectivity index (χ0v) is 12.4. The van der Waals surface area contributed by atoms with Gasteiger partial charge in [0.25, 0.3) is 0 Å². The average molecular weight is 257 g/mol. The summed E-state index contributed by atoms with van der Waals surface area (Å²) in [6.07, 6.45) is 0. The molecular weight excluding hydrogens is 237 g/mol. The smallest absolute Gasteiger partial charge is 0.0275 e. The maximum atomic E-state index is 2.32. The van der Waals surface area contributed by atoms with Crippen LogP contribution in [0.3, 0.4) is 0 Å². The molecule has 0 aliphatic heterocycles. The first-order valence-corrected chi connectivity index (χ1v) is 7.48. The van der Waals surface area contributed by atoms with Crippen LogP contribution in [0.1, 0.15) is 11.1 Å². The molecule has 0 radical (unpaired) electrons. The van der Waals surface area contributed by atoms with Crippen molar-refractivity contribution in [3.05, 3.63) is 59.7 Å². The Bertz CT molecular complexity index is 454. The van der Waals surface area contributed by atoms with E-state index in [0.29, 0.717) is 0 Å². The molecular formula is C16H20NP. The van der Waals surface area contributed by atoms with E-state index in [4.69, 9.17) is 0 Å². The van der Waals surface area contributed by atoms with Crippen LogP contribution in [0.25, 0.3) is 0 Å². The highest BCUT2D eigenvalue weighted by Gasteiger charge is 2.15. The van der Waals surface area contributed by atoms with Gasteiger partial charge < -0.3 is 0 Å². The lowest BCUT2D eigenvalue weighted by atomic mass is 10.2. The van der Waals surface area contributed by atoms with Crippen LogP contribution in [0.5, 0.6) is 0 Å². The number of aryl methyl sites for hydroxylation is 2. The van der Waals surface area contributed by atoms with E-state index in [9.17, 15) is 0 Å². The van der Waals surface area contributed by atoms with Crippen molar-refractivity contribution in [3.63, 3.8) is 0 Å². The average Bonchev–Trinajstić information content (AvgIpc) is 2.34. The summed E-state index contributed by atoms with van der Waals surface area (Å²) >= 11 is 0. The molecule has 0 fully saturated rings. The molecule has 2 rings (SSSR count). The molecule has 1 nitrogen and oxygen atoms in total. The number of nitrogens with zero attached hydrogens (tertiary/aromatic N) is 1. The Kier molecular flexibility index (Phi) is 4.16. The molecule has 0 spiro atoms. The van der Waals surface area contributed by atoms with Gasteiger partial charge in [-0.15, -0.1) is 0 Å². The van der Waals surface area contributed by atoms with Gasteiger partial charge in [0.05, 0.1) is 0 Å². The minimum absolute atomic E-state index is 0.401. The molecule has 0 amide bonds. The van der Waals surface area contributed by atoms with Crippen LogP contribution in [0.15, 0.2) is 48.5 Å². The summed E-state index contributed by atoms with van der Waals surface area (Å²) in [5.41, 5.74) is 2.63. The van der Waals surface area contributed by atoms with Gasteiger partial charge >= 0.3 is 0 Å². The van der Waals surface area contributed by atoms with E-state index in [2.05, 4.69) is 81.1 Å². The first-order valence-electron chi connectivity index (χ1n) is 6.18. The van der Waals surface area contributed by atoms with Crippen molar-refractivity contribution < 1.29 is 0 Å². The van der Waals surface area contributed by atoms with E-state index in [1.54, 1.807) is 0 Å². The monoisotopic (exact) mass is 257 g/mol. The third-order valence-electron chi connectivity index (χ3n) is 2.96. The SMILES string of the molecule is Cc1ccc(P(c2ccc(C)cc2)N(C)C)cc1. The van der Waals surface area contributed by atoms with Crippen LogP contribution in [0.2, 0.25) is 0 Å². The first kappa shape index (κ1) is 13.3. The number of benzene rings is 2. The van der Waals surface area contributed by atoms with Crippen molar-refractivity contribution in [1.29, 1.82) is 0 Å². The summed E-state index contributed by atoms with van der Waals surface area (Å²) in [6.45, 7) is 4.27. The van der Waals surface area contributed by atoms with E-state index in [0.717, 1.165) is 0 Å². The maximum Gasteiger partial charge on any atom is 0.0275 e. The molecule has 0 N–H and O–H groups in total. The van der Waals surface area contributed by atoms with Gasteiger partial charge in [-0.05, 0) is 38.6 Å². The second-order valence-corrected chi connectivity index (χ2v) is 7.29. The van der Waals surface area contributed by atoms with Crippen LogP contribution >= 0.6 is 8.07 Å². The second kappa shape index (κ2) is 5.65. The Morgan fingerprint density at radius 2 is 1.00 bits per heavy atom. The van der Waals surface area contributed by atoms with Crippen LogP contribution < -0.4 is 10.6 Å². The molecule has 0 saturated carbocycles. The normalized spacial score (nSPS) is 11.2. The van der Waals surface area contributed by atoms with Gasteiger partial charge in [0.15, 0.2) is 0 Å². The fraction of sp³-hybridized carbons (Fsp3) is 0.250. The third-order valence-corrected chi connectivity index (χ3v) is 5.33. The van der Waals surface area contributed by atoms with Crippen LogP contribution in [0.4, 0.5) is 0 Å². The lowest BCUT2D eigenvalue weighted by Gasteiger charge is -2.25. The quantitative estimate of drug-likeness (QED) is 0.763. The predicted molar refractivity (Wildman–Crippen MR) is 82.2 cm³/mol. The van der Waals surface area contributed by atoms with E-state index in [1.165, 1.54) is 21.7 Å². The summed E-state index contributed by atoms with van der Waals surface area (Å²) in [5.74, 6) is 0. The summed E-state index contributed by atoms with van der Waals surface area (Å²) < 4.78 is 2.32. The van der Waals surface area contributed by atoms with Gasteiger partial charge in [-0.2, -0.15) is 0 Å². The highest BCUT2D eigenvalue weighted by molar-refractivity contribution is 7.70. The molecule has 0 unspecified atom stereocenters. The van der Waals surface area contributed by atoms with Crippen molar-refractivity contribution in [2.24, 2.45) is 0 Å². The lowest BCUT2D eigenvalue weighted by molar-refractivity contribution is 0.689. The van der Waals surface area contributed by atoms with E-state index >= 15 is 0 Å². The molecule has 2 aromatic rings. The predicted octanol–water partition coefficient (Wildman–Crippen LogP) is 3.21.